The van der Waals surface area contributed by atoms with Crippen LogP contribution in [0.3, 0.4) is 0 Å². The van der Waals surface area contributed by atoms with Crippen molar-refractivity contribution in [3.63, 3.8) is 0 Å². The number of sulfonamides is 1. The Kier molecular flexibility index (Phi) is 6.01. The van der Waals surface area contributed by atoms with Gasteiger partial charge in [0.25, 0.3) is 10.0 Å². The SMILES string of the molecule is COP(=O)(CS(=O)(=O)N(C)C(=O)OC(C)(C)C)OC. The summed E-state index contributed by atoms with van der Waals surface area (Å²) in [4.78, 5) is 11.6. The summed E-state index contributed by atoms with van der Waals surface area (Å²) >= 11 is 0. The molecule has 0 heterocycles. The van der Waals surface area contributed by atoms with Gasteiger partial charge in [0.1, 0.15) is 5.60 Å². The van der Waals surface area contributed by atoms with E-state index in [0.29, 0.717) is 4.31 Å². The first-order valence-electron chi connectivity index (χ1n) is 5.27. The van der Waals surface area contributed by atoms with Gasteiger partial charge in [0, 0.05) is 21.3 Å². The monoisotopic (exact) mass is 317 g/mol. The van der Waals surface area contributed by atoms with Gasteiger partial charge in [-0.25, -0.2) is 17.5 Å². The number of carbonyl (C=O) groups is 1. The van der Waals surface area contributed by atoms with Gasteiger partial charge >= 0.3 is 13.7 Å². The van der Waals surface area contributed by atoms with E-state index in [1.165, 1.54) is 0 Å². The zero-order chi connectivity index (χ0) is 15.5. The first-order valence-corrected chi connectivity index (χ1v) is 8.61. The fourth-order valence-corrected chi connectivity index (χ4v) is 4.45. The number of carbonyl (C=O) groups excluding carboxylic acids is 1. The lowest BCUT2D eigenvalue weighted by atomic mass is 10.2. The van der Waals surface area contributed by atoms with Crippen molar-refractivity contribution in [2.75, 3.05) is 26.8 Å². The van der Waals surface area contributed by atoms with Crippen molar-refractivity contribution in [2.45, 2.75) is 26.4 Å². The third-order valence-electron chi connectivity index (χ3n) is 1.95. The molecule has 10 heteroatoms. The van der Waals surface area contributed by atoms with Crippen molar-refractivity contribution >= 4 is 23.7 Å². The highest BCUT2D eigenvalue weighted by Gasteiger charge is 2.36. The standard InChI is InChI=1S/C9H20NO7PS/c1-9(2,3)17-8(11)10(4)19(13,14)7-18(12,15-5)16-6/h7H2,1-6H3. The highest BCUT2D eigenvalue weighted by Crippen LogP contribution is 2.47. The van der Waals surface area contributed by atoms with Crippen LogP contribution in [0.1, 0.15) is 20.8 Å². The second kappa shape index (κ2) is 6.21. The van der Waals surface area contributed by atoms with Gasteiger partial charge in [-0.3, -0.25) is 4.57 Å². The highest BCUT2D eigenvalue weighted by molar-refractivity contribution is 7.96. The van der Waals surface area contributed by atoms with Crippen LogP contribution in [0.15, 0.2) is 0 Å². The third-order valence-corrected chi connectivity index (χ3v) is 6.61. The normalized spacial score (nSPS) is 13.2. The molecule has 0 aliphatic carbocycles. The van der Waals surface area contributed by atoms with Crippen LogP contribution in [-0.4, -0.2) is 51.2 Å². The summed E-state index contributed by atoms with van der Waals surface area (Å²) in [6.07, 6.45) is -1.06. The van der Waals surface area contributed by atoms with Gasteiger partial charge in [-0.1, -0.05) is 0 Å². The molecule has 0 rings (SSSR count). The summed E-state index contributed by atoms with van der Waals surface area (Å²) in [5.41, 5.74) is -1.78. The molecule has 0 aromatic carbocycles. The van der Waals surface area contributed by atoms with E-state index in [0.717, 1.165) is 21.3 Å². The molecule has 0 N–H and O–H groups in total. The topological polar surface area (TPSA) is 99.2 Å². The minimum Gasteiger partial charge on any atom is -0.443 e. The zero-order valence-corrected chi connectivity index (χ0v) is 13.6. The van der Waals surface area contributed by atoms with Crippen molar-refractivity contribution < 1.29 is 31.6 Å². The number of amides is 1. The van der Waals surface area contributed by atoms with E-state index >= 15 is 0 Å². The molecule has 0 aliphatic rings. The molecule has 0 aromatic heterocycles. The summed E-state index contributed by atoms with van der Waals surface area (Å²) in [6, 6.07) is 0. The predicted molar refractivity (Wildman–Crippen MR) is 69.4 cm³/mol. The summed E-state index contributed by atoms with van der Waals surface area (Å²) < 4.78 is 49.9. The van der Waals surface area contributed by atoms with Gasteiger partial charge < -0.3 is 13.8 Å². The minimum absolute atomic E-state index is 0.378. The Balaban J connectivity index is 5.03. The largest absolute Gasteiger partial charge is 0.443 e. The van der Waals surface area contributed by atoms with Gasteiger partial charge in [0.15, 0.2) is 5.49 Å². The van der Waals surface area contributed by atoms with Crippen LogP contribution < -0.4 is 0 Å². The smallest absolute Gasteiger partial charge is 0.423 e. The number of nitrogens with zero attached hydrogens (tertiary/aromatic N) is 1. The van der Waals surface area contributed by atoms with Crippen LogP contribution in [0.4, 0.5) is 4.79 Å². The fraction of sp³-hybridized carbons (Fsp3) is 0.889. The molecule has 8 nitrogen and oxygen atoms in total. The summed E-state index contributed by atoms with van der Waals surface area (Å²) in [7, 11) is -4.81. The van der Waals surface area contributed by atoms with Crippen LogP contribution in [0.2, 0.25) is 0 Å². The van der Waals surface area contributed by atoms with Crippen molar-refractivity contribution in [3.8, 4) is 0 Å². The van der Waals surface area contributed by atoms with E-state index in [2.05, 4.69) is 9.05 Å². The minimum atomic E-state index is -4.17. The quantitative estimate of drug-likeness (QED) is 0.710. The molecule has 0 spiro atoms. The summed E-state index contributed by atoms with van der Waals surface area (Å²) in [5, 5.41) is 0. The molecular formula is C9H20NO7PS. The zero-order valence-electron chi connectivity index (χ0n) is 11.9. The summed E-state index contributed by atoms with van der Waals surface area (Å²) in [6.45, 7) is 4.79. The average molecular weight is 317 g/mol. The number of ether oxygens (including phenoxy) is 1. The van der Waals surface area contributed by atoms with E-state index in [9.17, 15) is 17.8 Å². The number of rotatable bonds is 5. The van der Waals surface area contributed by atoms with Crippen molar-refractivity contribution in [3.05, 3.63) is 0 Å². The lowest BCUT2D eigenvalue weighted by Crippen LogP contribution is -2.39. The second-order valence-electron chi connectivity index (χ2n) is 4.66. The lowest BCUT2D eigenvalue weighted by Gasteiger charge is -2.25. The van der Waals surface area contributed by atoms with Crippen molar-refractivity contribution in [1.82, 2.24) is 4.31 Å². The Labute approximate surface area is 113 Å². The van der Waals surface area contributed by atoms with Gasteiger partial charge in [-0.2, -0.15) is 0 Å². The van der Waals surface area contributed by atoms with E-state index < -0.39 is 34.8 Å². The number of hydrogen-bond donors (Lipinski definition) is 0. The van der Waals surface area contributed by atoms with Crippen molar-refractivity contribution in [2.24, 2.45) is 0 Å². The Morgan fingerprint density at radius 1 is 1.21 bits per heavy atom. The molecule has 0 aromatic rings. The molecule has 0 saturated carbocycles. The van der Waals surface area contributed by atoms with Gasteiger partial charge in [-0.05, 0) is 20.8 Å². The highest BCUT2D eigenvalue weighted by atomic mass is 32.2. The predicted octanol–water partition coefficient (Wildman–Crippen LogP) is 1.63. The van der Waals surface area contributed by atoms with Gasteiger partial charge in [0.2, 0.25) is 0 Å². The molecule has 114 valence electrons. The summed E-state index contributed by atoms with van der Waals surface area (Å²) in [5.74, 6) is 0. The molecular weight excluding hydrogens is 297 g/mol. The number of hydrogen-bond acceptors (Lipinski definition) is 7. The van der Waals surface area contributed by atoms with Crippen LogP contribution >= 0.6 is 7.60 Å². The molecule has 0 atom stereocenters. The van der Waals surface area contributed by atoms with Crippen LogP contribution in [0.25, 0.3) is 0 Å². The Morgan fingerprint density at radius 2 is 1.63 bits per heavy atom. The lowest BCUT2D eigenvalue weighted by molar-refractivity contribution is 0.0421. The Morgan fingerprint density at radius 3 is 1.95 bits per heavy atom. The molecule has 0 fully saturated rings. The van der Waals surface area contributed by atoms with E-state index in [1.54, 1.807) is 20.8 Å². The molecule has 0 saturated heterocycles. The van der Waals surface area contributed by atoms with E-state index in [4.69, 9.17) is 4.74 Å². The van der Waals surface area contributed by atoms with Crippen LogP contribution in [0, 0.1) is 0 Å². The molecule has 0 unspecified atom stereocenters. The molecule has 0 bridgehead atoms. The first-order chi connectivity index (χ1) is 8.37. The maximum Gasteiger partial charge on any atom is 0.423 e. The third kappa shape index (κ3) is 5.90. The molecule has 19 heavy (non-hydrogen) atoms. The van der Waals surface area contributed by atoms with Gasteiger partial charge in [0.05, 0.1) is 0 Å². The average Bonchev–Trinajstić information content (AvgIpc) is 2.25. The Bertz CT molecular complexity index is 459. The van der Waals surface area contributed by atoms with E-state index in [1.807, 2.05) is 0 Å². The molecule has 0 aliphatic heterocycles. The first kappa shape index (κ1) is 18.4. The fourth-order valence-electron chi connectivity index (χ4n) is 0.906. The maximum absolute atomic E-state index is 11.9. The van der Waals surface area contributed by atoms with Crippen LogP contribution in [-0.2, 0) is 28.4 Å². The van der Waals surface area contributed by atoms with E-state index in [-0.39, 0.29) is 0 Å². The Hall–Kier alpha value is -0.630. The maximum atomic E-state index is 11.9. The molecule has 0 radical (unpaired) electrons. The molecule has 1 amide bonds. The second-order valence-corrected chi connectivity index (χ2v) is 9.36. The van der Waals surface area contributed by atoms with Gasteiger partial charge in [-0.15, -0.1) is 0 Å². The van der Waals surface area contributed by atoms with Crippen molar-refractivity contribution in [1.29, 1.82) is 0 Å². The van der Waals surface area contributed by atoms with Crippen LogP contribution in [0.5, 0.6) is 0 Å².